The number of aliphatic hydroxyl groups is 1. The fourth-order valence-corrected chi connectivity index (χ4v) is 3.92. The summed E-state index contributed by atoms with van der Waals surface area (Å²) in [7, 11) is 0. The lowest BCUT2D eigenvalue weighted by molar-refractivity contribution is 0.157. The van der Waals surface area contributed by atoms with Gasteiger partial charge in [0.1, 0.15) is 0 Å². The molecule has 2 aromatic heterocycles. The zero-order valence-electron chi connectivity index (χ0n) is 9.40. The second-order valence-electron chi connectivity index (χ2n) is 4.52. The van der Waals surface area contributed by atoms with Crippen LogP contribution in [0.2, 0.25) is 0 Å². The van der Waals surface area contributed by atoms with Crippen molar-refractivity contribution in [2.45, 2.75) is 31.9 Å². The predicted molar refractivity (Wildman–Crippen MR) is 73.5 cm³/mol. The topological polar surface area (TPSA) is 25.2 Å². The molecule has 0 fully saturated rings. The van der Waals surface area contributed by atoms with Crippen LogP contribution in [0.15, 0.2) is 28.3 Å². The highest BCUT2D eigenvalue weighted by molar-refractivity contribution is 9.11. The van der Waals surface area contributed by atoms with E-state index in [1.807, 2.05) is 0 Å². The van der Waals surface area contributed by atoms with Crippen molar-refractivity contribution in [3.63, 3.8) is 0 Å². The van der Waals surface area contributed by atoms with Gasteiger partial charge in [-0.15, -0.1) is 11.3 Å². The molecule has 1 aliphatic carbocycles. The van der Waals surface area contributed by atoms with Crippen LogP contribution in [0.4, 0.5) is 0 Å². The Morgan fingerprint density at radius 1 is 1.41 bits per heavy atom. The van der Waals surface area contributed by atoms with Gasteiger partial charge in [-0.3, -0.25) is 0 Å². The highest BCUT2D eigenvalue weighted by Crippen LogP contribution is 2.31. The molecule has 2 heterocycles. The van der Waals surface area contributed by atoms with Crippen molar-refractivity contribution in [2.24, 2.45) is 0 Å². The number of thiophene rings is 1. The van der Waals surface area contributed by atoms with Crippen LogP contribution in [0.1, 0.15) is 34.9 Å². The molecule has 17 heavy (non-hydrogen) atoms. The molecule has 1 N–H and O–H groups in total. The maximum absolute atomic E-state index is 9.93. The van der Waals surface area contributed by atoms with E-state index in [0.717, 1.165) is 31.4 Å². The first-order valence-electron chi connectivity index (χ1n) is 5.83. The molecule has 0 radical (unpaired) electrons. The van der Waals surface area contributed by atoms with Crippen molar-refractivity contribution in [2.75, 3.05) is 0 Å². The Bertz CT molecular complexity index is 531. The normalized spacial score (nSPS) is 19.3. The van der Waals surface area contributed by atoms with E-state index in [-0.39, 0.29) is 6.10 Å². The molecule has 2 nitrogen and oxygen atoms in total. The first kappa shape index (κ1) is 11.5. The molecular formula is C13H14BrNOS. The number of halogens is 1. The molecule has 90 valence electrons. The van der Waals surface area contributed by atoms with Crippen molar-refractivity contribution in [1.82, 2.24) is 4.57 Å². The highest BCUT2D eigenvalue weighted by atomic mass is 79.9. The van der Waals surface area contributed by atoms with Crippen LogP contribution in [-0.2, 0) is 13.0 Å². The van der Waals surface area contributed by atoms with E-state index >= 15 is 0 Å². The van der Waals surface area contributed by atoms with Gasteiger partial charge in [0.05, 0.1) is 16.4 Å². The molecule has 0 aliphatic heterocycles. The monoisotopic (exact) mass is 311 g/mol. The third-order valence-electron chi connectivity index (χ3n) is 3.25. The molecular weight excluding hydrogens is 298 g/mol. The lowest BCUT2D eigenvalue weighted by Crippen LogP contribution is -2.05. The summed E-state index contributed by atoms with van der Waals surface area (Å²) in [4.78, 5) is 1.33. The minimum absolute atomic E-state index is 0.255. The summed E-state index contributed by atoms with van der Waals surface area (Å²) in [6.45, 7) is 0.899. The van der Waals surface area contributed by atoms with Gasteiger partial charge < -0.3 is 9.67 Å². The summed E-state index contributed by atoms with van der Waals surface area (Å²) >= 11 is 5.24. The van der Waals surface area contributed by atoms with Crippen LogP contribution in [0, 0.1) is 0 Å². The maximum atomic E-state index is 9.93. The highest BCUT2D eigenvalue weighted by Gasteiger charge is 2.19. The van der Waals surface area contributed by atoms with Crippen LogP contribution in [0.3, 0.4) is 0 Å². The van der Waals surface area contributed by atoms with Crippen LogP contribution in [0.25, 0.3) is 0 Å². The van der Waals surface area contributed by atoms with E-state index in [9.17, 15) is 5.11 Å². The number of nitrogens with zero attached hydrogens (tertiary/aromatic N) is 1. The van der Waals surface area contributed by atoms with Crippen LogP contribution >= 0.6 is 27.3 Å². The van der Waals surface area contributed by atoms with Gasteiger partial charge in [-0.05, 0) is 52.9 Å². The molecule has 0 saturated carbocycles. The summed E-state index contributed by atoms with van der Waals surface area (Å²) in [5.74, 6) is 0. The Balaban J connectivity index is 1.85. The Labute approximate surface area is 113 Å². The number of aliphatic hydroxyl groups excluding tert-OH is 1. The van der Waals surface area contributed by atoms with Gasteiger partial charge in [-0.25, -0.2) is 0 Å². The Morgan fingerprint density at radius 3 is 3.00 bits per heavy atom. The van der Waals surface area contributed by atoms with Gasteiger partial charge in [0.25, 0.3) is 0 Å². The maximum Gasteiger partial charge on any atom is 0.0807 e. The summed E-state index contributed by atoms with van der Waals surface area (Å²) in [6.07, 6.45) is 7.14. The fourth-order valence-electron chi connectivity index (χ4n) is 2.43. The van der Waals surface area contributed by atoms with Gasteiger partial charge in [0, 0.05) is 22.8 Å². The quantitative estimate of drug-likeness (QED) is 0.898. The van der Waals surface area contributed by atoms with E-state index in [1.165, 1.54) is 14.2 Å². The molecule has 2 aromatic rings. The van der Waals surface area contributed by atoms with Crippen molar-refractivity contribution in [1.29, 1.82) is 0 Å². The summed E-state index contributed by atoms with van der Waals surface area (Å²) in [6, 6.07) is 4.22. The van der Waals surface area contributed by atoms with Crippen molar-refractivity contribution < 1.29 is 5.11 Å². The van der Waals surface area contributed by atoms with Crippen LogP contribution in [-0.4, -0.2) is 9.67 Å². The second-order valence-corrected chi connectivity index (χ2v) is 7.07. The van der Waals surface area contributed by atoms with Gasteiger partial charge in [0.2, 0.25) is 0 Å². The summed E-state index contributed by atoms with van der Waals surface area (Å²) < 4.78 is 3.36. The number of aryl methyl sites for hydroxylation is 1. The van der Waals surface area contributed by atoms with Crippen LogP contribution < -0.4 is 0 Å². The number of hydrogen-bond donors (Lipinski definition) is 1. The number of rotatable bonds is 2. The van der Waals surface area contributed by atoms with E-state index < -0.39 is 0 Å². The zero-order valence-corrected chi connectivity index (χ0v) is 11.8. The molecule has 4 heteroatoms. The van der Waals surface area contributed by atoms with E-state index in [2.05, 4.69) is 45.0 Å². The van der Waals surface area contributed by atoms with Crippen molar-refractivity contribution in [3.8, 4) is 0 Å². The first-order chi connectivity index (χ1) is 8.22. The third kappa shape index (κ3) is 2.34. The number of fused-ring (bicyclic) bond motifs is 1. The molecule has 1 atom stereocenters. The summed E-state index contributed by atoms with van der Waals surface area (Å²) in [5.41, 5.74) is 2.45. The molecule has 1 aliphatic rings. The number of aromatic nitrogens is 1. The Morgan fingerprint density at radius 2 is 2.29 bits per heavy atom. The Hall–Kier alpha value is -0.580. The van der Waals surface area contributed by atoms with E-state index in [4.69, 9.17) is 0 Å². The molecule has 0 amide bonds. The second kappa shape index (κ2) is 4.59. The van der Waals surface area contributed by atoms with Gasteiger partial charge in [-0.2, -0.15) is 0 Å². The standard InChI is InChI=1S/C13H14BrNOS/c14-13-5-4-10(17-13)7-15-6-9-2-1-3-12(16)11(9)8-15/h4-6,8,12,16H,1-3,7H2. The minimum atomic E-state index is -0.255. The number of hydrogen-bond acceptors (Lipinski definition) is 2. The SMILES string of the molecule is OC1CCCc2cn(Cc3ccc(Br)s3)cc21. The smallest absolute Gasteiger partial charge is 0.0807 e. The van der Waals surface area contributed by atoms with E-state index in [0.29, 0.717) is 0 Å². The molecule has 3 rings (SSSR count). The Kier molecular flexibility index (Phi) is 3.11. The molecule has 0 aromatic carbocycles. The summed E-state index contributed by atoms with van der Waals surface area (Å²) in [5, 5.41) is 9.93. The lowest BCUT2D eigenvalue weighted by Gasteiger charge is -2.16. The largest absolute Gasteiger partial charge is 0.388 e. The molecule has 0 bridgehead atoms. The molecule has 0 spiro atoms. The molecule has 0 saturated heterocycles. The molecule has 1 unspecified atom stereocenters. The average Bonchev–Trinajstić information content (AvgIpc) is 2.86. The minimum Gasteiger partial charge on any atom is -0.388 e. The van der Waals surface area contributed by atoms with Crippen LogP contribution in [0.5, 0.6) is 0 Å². The fraction of sp³-hybridized carbons (Fsp3) is 0.385. The van der Waals surface area contributed by atoms with Gasteiger partial charge >= 0.3 is 0 Å². The third-order valence-corrected chi connectivity index (χ3v) is 4.86. The first-order valence-corrected chi connectivity index (χ1v) is 7.44. The predicted octanol–water partition coefficient (Wildman–Crippen LogP) is 3.73. The lowest BCUT2D eigenvalue weighted by atomic mass is 9.93. The zero-order chi connectivity index (χ0) is 11.8. The van der Waals surface area contributed by atoms with Gasteiger partial charge in [-0.1, -0.05) is 0 Å². The average molecular weight is 312 g/mol. The van der Waals surface area contributed by atoms with Crippen molar-refractivity contribution >= 4 is 27.3 Å². The van der Waals surface area contributed by atoms with E-state index in [1.54, 1.807) is 11.3 Å². The van der Waals surface area contributed by atoms with Gasteiger partial charge in [0.15, 0.2) is 0 Å². The van der Waals surface area contributed by atoms with Crippen molar-refractivity contribution in [3.05, 3.63) is 44.3 Å².